The summed E-state index contributed by atoms with van der Waals surface area (Å²) < 4.78 is 22.3. The first-order valence-electron chi connectivity index (χ1n) is 10.5. The minimum Gasteiger partial charge on any atom is -0.489 e. The minimum atomic E-state index is -0.230. The van der Waals surface area contributed by atoms with E-state index in [2.05, 4.69) is 15.3 Å². The quantitative estimate of drug-likeness (QED) is 0.540. The van der Waals surface area contributed by atoms with Crippen molar-refractivity contribution in [1.82, 2.24) is 9.97 Å². The van der Waals surface area contributed by atoms with Crippen LogP contribution in [0.15, 0.2) is 18.2 Å². The van der Waals surface area contributed by atoms with Gasteiger partial charge in [0, 0.05) is 13.7 Å². The average molecular weight is 458 g/mol. The fraction of sp³-hybridized carbons (Fsp3) is 0.435. The third-order valence-electron chi connectivity index (χ3n) is 5.31. The zero-order valence-corrected chi connectivity index (χ0v) is 19.5. The zero-order valence-electron chi connectivity index (χ0n) is 18.7. The number of aromatic nitrogens is 2. The molecule has 0 radical (unpaired) electrons. The molecule has 1 saturated heterocycles. The third kappa shape index (κ3) is 4.69. The molecule has 1 N–H and O–H groups in total. The van der Waals surface area contributed by atoms with Crippen molar-refractivity contribution in [3.8, 4) is 11.6 Å². The van der Waals surface area contributed by atoms with Crippen molar-refractivity contribution in [2.24, 2.45) is 0 Å². The summed E-state index contributed by atoms with van der Waals surface area (Å²) in [5.74, 6) is 1.35. The molecule has 1 fully saturated rings. The monoisotopic (exact) mass is 457 g/mol. The molecule has 1 amide bonds. The summed E-state index contributed by atoms with van der Waals surface area (Å²) in [5.41, 5.74) is 2.44. The first-order valence-corrected chi connectivity index (χ1v) is 11.3. The van der Waals surface area contributed by atoms with E-state index in [0.717, 1.165) is 36.0 Å². The maximum Gasteiger partial charge on any atom is 0.266 e. The van der Waals surface area contributed by atoms with Gasteiger partial charge in [0.1, 0.15) is 23.8 Å². The highest BCUT2D eigenvalue weighted by atomic mass is 32.1. The molecule has 1 aromatic carbocycles. The number of thiophene rings is 1. The van der Waals surface area contributed by atoms with Gasteiger partial charge in [0.15, 0.2) is 5.82 Å². The Hall–Kier alpha value is -2.75. The number of amides is 1. The molecule has 0 spiro atoms. The fourth-order valence-electron chi connectivity index (χ4n) is 3.69. The number of hydrogen-bond donors (Lipinski definition) is 1. The van der Waals surface area contributed by atoms with Crippen LogP contribution in [0.25, 0.3) is 10.2 Å². The standard InChI is InChI=1S/C23H27N3O5S/c1-13-7-8-16(17(10-13)31-11-15-6-5-9-30-15)24-21(27)20-14(2)19-22(29-4)25-18(12-28-3)26-23(19)32-20/h7-8,10,15H,5-6,9,11-12H2,1-4H3,(H,24,27). The second kappa shape index (κ2) is 9.81. The lowest BCUT2D eigenvalue weighted by molar-refractivity contribution is 0.0681. The predicted octanol–water partition coefficient (Wildman–Crippen LogP) is 4.27. The number of fused-ring (bicyclic) bond motifs is 1. The van der Waals surface area contributed by atoms with Crippen LogP contribution in [-0.2, 0) is 16.1 Å². The summed E-state index contributed by atoms with van der Waals surface area (Å²) in [5, 5.41) is 3.74. The molecule has 4 rings (SSSR count). The van der Waals surface area contributed by atoms with Crippen molar-refractivity contribution in [3.05, 3.63) is 40.0 Å². The van der Waals surface area contributed by atoms with Gasteiger partial charge in [-0.05, 0) is 49.9 Å². The van der Waals surface area contributed by atoms with Gasteiger partial charge in [0.05, 0.1) is 29.2 Å². The molecule has 0 saturated carbocycles. The van der Waals surface area contributed by atoms with Crippen LogP contribution in [0.4, 0.5) is 5.69 Å². The number of hydrogen-bond acceptors (Lipinski definition) is 8. The molecule has 8 nitrogen and oxygen atoms in total. The Labute approximate surface area is 190 Å². The Morgan fingerprint density at radius 1 is 1.28 bits per heavy atom. The Bertz CT molecular complexity index is 1120. The van der Waals surface area contributed by atoms with Crippen molar-refractivity contribution in [3.63, 3.8) is 0 Å². The predicted molar refractivity (Wildman–Crippen MR) is 123 cm³/mol. The molecular weight excluding hydrogens is 430 g/mol. The smallest absolute Gasteiger partial charge is 0.266 e. The number of benzene rings is 1. The molecule has 9 heteroatoms. The van der Waals surface area contributed by atoms with E-state index in [9.17, 15) is 4.79 Å². The fourth-order valence-corrected chi connectivity index (χ4v) is 4.78. The van der Waals surface area contributed by atoms with Crippen LogP contribution < -0.4 is 14.8 Å². The van der Waals surface area contributed by atoms with E-state index in [0.29, 0.717) is 39.5 Å². The number of nitrogens with zero attached hydrogens (tertiary/aromatic N) is 2. The molecule has 170 valence electrons. The topological polar surface area (TPSA) is 91.8 Å². The maximum absolute atomic E-state index is 13.2. The van der Waals surface area contributed by atoms with E-state index in [1.807, 2.05) is 32.0 Å². The Balaban J connectivity index is 1.60. The van der Waals surface area contributed by atoms with Crippen LogP contribution in [0.1, 0.15) is 39.5 Å². The van der Waals surface area contributed by atoms with E-state index >= 15 is 0 Å². The number of rotatable bonds is 8. The Morgan fingerprint density at radius 3 is 2.84 bits per heavy atom. The third-order valence-corrected chi connectivity index (χ3v) is 6.49. The zero-order chi connectivity index (χ0) is 22.7. The molecule has 0 bridgehead atoms. The normalized spacial score (nSPS) is 15.8. The maximum atomic E-state index is 13.2. The summed E-state index contributed by atoms with van der Waals surface area (Å²) in [6, 6.07) is 5.73. The number of anilines is 1. The molecule has 2 aromatic heterocycles. The van der Waals surface area contributed by atoms with E-state index < -0.39 is 0 Å². The highest BCUT2D eigenvalue weighted by Crippen LogP contribution is 2.36. The van der Waals surface area contributed by atoms with Gasteiger partial charge in [0.2, 0.25) is 5.88 Å². The van der Waals surface area contributed by atoms with Crippen LogP contribution in [-0.4, -0.2) is 49.4 Å². The first-order chi connectivity index (χ1) is 15.5. The van der Waals surface area contributed by atoms with Crippen LogP contribution in [0, 0.1) is 13.8 Å². The lowest BCUT2D eigenvalue weighted by atomic mass is 10.2. The van der Waals surface area contributed by atoms with E-state index in [1.165, 1.54) is 11.3 Å². The first kappa shape index (κ1) is 22.4. The van der Waals surface area contributed by atoms with Gasteiger partial charge in [-0.2, -0.15) is 4.98 Å². The van der Waals surface area contributed by atoms with Gasteiger partial charge >= 0.3 is 0 Å². The van der Waals surface area contributed by atoms with Gasteiger partial charge in [-0.3, -0.25) is 4.79 Å². The van der Waals surface area contributed by atoms with Crippen LogP contribution in [0.5, 0.6) is 11.6 Å². The summed E-state index contributed by atoms with van der Waals surface area (Å²) in [6.45, 7) is 5.36. The minimum absolute atomic E-state index is 0.0937. The Kier molecular flexibility index (Phi) is 6.88. The highest BCUT2D eigenvalue weighted by molar-refractivity contribution is 7.20. The van der Waals surface area contributed by atoms with Gasteiger partial charge in [-0.25, -0.2) is 4.98 Å². The lowest BCUT2D eigenvalue weighted by Gasteiger charge is -2.16. The molecule has 1 unspecified atom stereocenters. The average Bonchev–Trinajstić information content (AvgIpc) is 3.41. The van der Waals surface area contributed by atoms with Gasteiger partial charge in [-0.1, -0.05) is 6.07 Å². The molecule has 1 aliphatic heterocycles. The van der Waals surface area contributed by atoms with Gasteiger partial charge < -0.3 is 24.3 Å². The molecule has 3 aromatic rings. The lowest BCUT2D eigenvalue weighted by Crippen LogP contribution is -2.18. The van der Waals surface area contributed by atoms with Crippen LogP contribution in [0.3, 0.4) is 0 Å². The number of methoxy groups -OCH3 is 2. The second-order valence-corrected chi connectivity index (χ2v) is 8.72. The molecule has 32 heavy (non-hydrogen) atoms. The summed E-state index contributed by atoms with van der Waals surface area (Å²) >= 11 is 1.30. The molecule has 3 heterocycles. The number of ether oxygens (including phenoxy) is 4. The van der Waals surface area contributed by atoms with Crippen molar-refractivity contribution in [1.29, 1.82) is 0 Å². The molecule has 1 atom stereocenters. The van der Waals surface area contributed by atoms with Gasteiger partial charge in [-0.15, -0.1) is 11.3 Å². The largest absolute Gasteiger partial charge is 0.489 e. The highest BCUT2D eigenvalue weighted by Gasteiger charge is 2.23. The molecule has 0 aliphatic carbocycles. The summed E-state index contributed by atoms with van der Waals surface area (Å²) in [7, 11) is 3.14. The summed E-state index contributed by atoms with van der Waals surface area (Å²) in [6.07, 6.45) is 2.13. The number of nitrogens with one attached hydrogen (secondary N) is 1. The second-order valence-electron chi connectivity index (χ2n) is 7.72. The van der Waals surface area contributed by atoms with Crippen molar-refractivity contribution < 1.29 is 23.7 Å². The van der Waals surface area contributed by atoms with Gasteiger partial charge in [0.25, 0.3) is 5.91 Å². The van der Waals surface area contributed by atoms with Crippen LogP contribution >= 0.6 is 11.3 Å². The van der Waals surface area contributed by atoms with E-state index in [4.69, 9.17) is 18.9 Å². The molecular formula is C23H27N3O5S. The summed E-state index contributed by atoms with van der Waals surface area (Å²) in [4.78, 5) is 23.4. The Morgan fingerprint density at radius 2 is 2.12 bits per heavy atom. The van der Waals surface area contributed by atoms with Crippen molar-refractivity contribution in [2.45, 2.75) is 39.4 Å². The van der Waals surface area contributed by atoms with E-state index in [1.54, 1.807) is 14.2 Å². The number of aryl methyl sites for hydroxylation is 2. The van der Waals surface area contributed by atoms with E-state index in [-0.39, 0.29) is 18.6 Å². The van der Waals surface area contributed by atoms with Crippen molar-refractivity contribution >= 4 is 33.1 Å². The molecule has 1 aliphatic rings. The number of carbonyl (C=O) groups excluding carboxylic acids is 1. The SMILES string of the molecule is COCc1nc(OC)c2c(C)c(C(=O)Nc3ccc(C)cc3OCC3CCCO3)sc2n1. The van der Waals surface area contributed by atoms with Crippen LogP contribution in [0.2, 0.25) is 0 Å². The van der Waals surface area contributed by atoms with Crippen molar-refractivity contribution in [2.75, 3.05) is 32.8 Å². The number of carbonyl (C=O) groups is 1.